The van der Waals surface area contributed by atoms with Crippen LogP contribution in [0.5, 0.6) is 0 Å². The van der Waals surface area contributed by atoms with E-state index in [1.54, 1.807) is 27.8 Å². The highest BCUT2D eigenvalue weighted by molar-refractivity contribution is 5.68. The van der Waals surface area contributed by atoms with Gasteiger partial charge in [-0.3, -0.25) is 10.1 Å². The SMILES string of the molecule is Cn1ncc([N+](=O)[O-])c1N1C[C@H]2C[C@H](NC(=O)OC(C)(C)C)[C@@H](C1)O2. The van der Waals surface area contributed by atoms with Gasteiger partial charge in [-0.25, -0.2) is 9.48 Å². The van der Waals surface area contributed by atoms with E-state index < -0.39 is 16.6 Å². The first-order valence-corrected chi connectivity index (χ1v) is 8.20. The summed E-state index contributed by atoms with van der Waals surface area (Å²) in [6.45, 7) is 6.37. The fraction of sp³-hybridized carbons (Fsp3) is 0.733. The van der Waals surface area contributed by atoms with E-state index in [0.29, 0.717) is 25.3 Å². The van der Waals surface area contributed by atoms with Crippen LogP contribution in [-0.2, 0) is 16.5 Å². The topological polar surface area (TPSA) is 112 Å². The number of hydrogen-bond acceptors (Lipinski definition) is 7. The van der Waals surface area contributed by atoms with Crippen molar-refractivity contribution in [3.63, 3.8) is 0 Å². The molecular weight excluding hydrogens is 330 g/mol. The highest BCUT2D eigenvalue weighted by Crippen LogP contribution is 2.34. The van der Waals surface area contributed by atoms with Crippen molar-refractivity contribution in [3.05, 3.63) is 16.3 Å². The standard InChI is InChI=1S/C15H23N5O5/c1-15(2,3)25-14(21)17-10-5-9-7-19(8-12(10)24-9)13-11(20(22)23)6-16-18(13)4/h6,9-10,12H,5,7-8H2,1-4H3,(H,17,21)/t9-,10+,12-/m1/s1. The Kier molecular flexibility index (Phi) is 4.31. The average Bonchev–Trinajstić information content (AvgIpc) is 2.97. The Bertz CT molecular complexity index is 682. The first kappa shape index (κ1) is 17.5. The smallest absolute Gasteiger partial charge is 0.407 e. The molecule has 2 bridgehead atoms. The number of fused-ring (bicyclic) bond motifs is 2. The monoisotopic (exact) mass is 353 g/mol. The molecule has 2 aliphatic rings. The molecule has 25 heavy (non-hydrogen) atoms. The van der Waals surface area contributed by atoms with Gasteiger partial charge in [0.25, 0.3) is 0 Å². The van der Waals surface area contributed by atoms with Gasteiger partial charge in [-0.1, -0.05) is 0 Å². The molecule has 2 aliphatic heterocycles. The van der Waals surface area contributed by atoms with Gasteiger partial charge in [0.2, 0.25) is 5.82 Å². The van der Waals surface area contributed by atoms with Gasteiger partial charge < -0.3 is 19.7 Å². The summed E-state index contributed by atoms with van der Waals surface area (Å²) in [5, 5.41) is 18.1. The van der Waals surface area contributed by atoms with E-state index in [2.05, 4.69) is 10.4 Å². The Morgan fingerprint density at radius 3 is 2.84 bits per heavy atom. The zero-order chi connectivity index (χ0) is 18.4. The van der Waals surface area contributed by atoms with E-state index in [0.717, 1.165) is 0 Å². The van der Waals surface area contributed by atoms with E-state index in [1.165, 1.54) is 10.9 Å². The second-order valence-electron chi connectivity index (χ2n) is 7.42. The van der Waals surface area contributed by atoms with Gasteiger partial charge in [0.1, 0.15) is 11.8 Å². The summed E-state index contributed by atoms with van der Waals surface area (Å²) < 4.78 is 12.7. The van der Waals surface area contributed by atoms with Gasteiger partial charge in [0, 0.05) is 20.1 Å². The number of morpholine rings is 1. The number of amides is 1. The van der Waals surface area contributed by atoms with Crippen LogP contribution in [0.15, 0.2) is 6.20 Å². The molecule has 0 spiro atoms. The fourth-order valence-electron chi connectivity index (χ4n) is 3.36. The van der Waals surface area contributed by atoms with Crippen molar-refractivity contribution in [3.8, 4) is 0 Å². The molecular formula is C15H23N5O5. The molecule has 1 N–H and O–H groups in total. The number of nitrogens with one attached hydrogen (secondary N) is 1. The lowest BCUT2D eigenvalue weighted by atomic mass is 10.1. The van der Waals surface area contributed by atoms with Crippen LogP contribution in [0.25, 0.3) is 0 Å². The lowest BCUT2D eigenvalue weighted by Gasteiger charge is -2.33. The maximum absolute atomic E-state index is 12.0. The lowest BCUT2D eigenvalue weighted by molar-refractivity contribution is -0.384. The molecule has 1 aromatic heterocycles. The van der Waals surface area contributed by atoms with E-state index in [-0.39, 0.29) is 23.9 Å². The molecule has 0 unspecified atom stereocenters. The average molecular weight is 353 g/mol. The Morgan fingerprint density at radius 1 is 1.48 bits per heavy atom. The van der Waals surface area contributed by atoms with Crippen molar-refractivity contribution in [1.29, 1.82) is 0 Å². The minimum atomic E-state index is -0.569. The number of rotatable bonds is 3. The Morgan fingerprint density at radius 2 is 2.20 bits per heavy atom. The van der Waals surface area contributed by atoms with Gasteiger partial charge in [-0.2, -0.15) is 5.10 Å². The van der Waals surface area contributed by atoms with Crippen LogP contribution in [0.3, 0.4) is 0 Å². The summed E-state index contributed by atoms with van der Waals surface area (Å²) in [6.07, 6.45) is 1.07. The summed E-state index contributed by atoms with van der Waals surface area (Å²) in [6, 6.07) is -0.183. The third kappa shape index (κ3) is 3.68. The van der Waals surface area contributed by atoms with Crippen molar-refractivity contribution < 1.29 is 19.2 Å². The maximum atomic E-state index is 12.0. The molecule has 3 heterocycles. The van der Waals surface area contributed by atoms with E-state index in [9.17, 15) is 14.9 Å². The number of ether oxygens (including phenoxy) is 2. The highest BCUT2D eigenvalue weighted by Gasteiger charge is 2.44. The van der Waals surface area contributed by atoms with Crippen LogP contribution in [0.1, 0.15) is 27.2 Å². The van der Waals surface area contributed by atoms with Crippen LogP contribution >= 0.6 is 0 Å². The van der Waals surface area contributed by atoms with Crippen LogP contribution in [0, 0.1) is 10.1 Å². The summed E-state index contributed by atoms with van der Waals surface area (Å²) in [7, 11) is 1.68. The quantitative estimate of drug-likeness (QED) is 0.642. The van der Waals surface area contributed by atoms with E-state index in [4.69, 9.17) is 9.47 Å². The number of nitrogens with zero attached hydrogens (tertiary/aromatic N) is 4. The molecule has 2 saturated heterocycles. The molecule has 138 valence electrons. The number of aryl methyl sites for hydroxylation is 1. The second kappa shape index (κ2) is 6.17. The number of anilines is 1. The Labute approximate surface area is 145 Å². The maximum Gasteiger partial charge on any atom is 0.407 e. The van der Waals surface area contributed by atoms with Gasteiger partial charge >= 0.3 is 11.8 Å². The molecule has 1 aromatic rings. The summed E-state index contributed by atoms with van der Waals surface area (Å²) in [4.78, 5) is 24.7. The third-order valence-electron chi connectivity index (χ3n) is 4.24. The number of carbonyl (C=O) groups excluding carboxylic acids is 1. The number of nitro groups is 1. The minimum absolute atomic E-state index is 0.0274. The van der Waals surface area contributed by atoms with E-state index >= 15 is 0 Å². The van der Waals surface area contributed by atoms with Crippen molar-refractivity contribution in [1.82, 2.24) is 15.1 Å². The second-order valence-corrected chi connectivity index (χ2v) is 7.42. The van der Waals surface area contributed by atoms with Gasteiger partial charge in [0.05, 0.1) is 23.2 Å². The van der Waals surface area contributed by atoms with Crippen molar-refractivity contribution in [2.75, 3.05) is 18.0 Å². The largest absolute Gasteiger partial charge is 0.444 e. The molecule has 10 heteroatoms. The van der Waals surface area contributed by atoms with E-state index in [1.807, 2.05) is 4.90 Å². The van der Waals surface area contributed by atoms with Crippen LogP contribution in [0.4, 0.5) is 16.3 Å². The van der Waals surface area contributed by atoms with Crippen molar-refractivity contribution >= 4 is 17.6 Å². The third-order valence-corrected chi connectivity index (χ3v) is 4.24. The van der Waals surface area contributed by atoms with Gasteiger partial charge in [-0.05, 0) is 27.2 Å². The molecule has 0 aromatic carbocycles. The lowest BCUT2D eigenvalue weighted by Crippen LogP contribution is -2.49. The normalized spacial score (nSPS) is 25.8. The molecule has 2 fully saturated rings. The minimum Gasteiger partial charge on any atom is -0.444 e. The molecule has 0 saturated carbocycles. The molecule has 3 atom stereocenters. The molecule has 1 amide bonds. The molecule has 3 rings (SSSR count). The summed E-state index contributed by atoms with van der Waals surface area (Å²) in [5.74, 6) is 0.459. The zero-order valence-corrected chi connectivity index (χ0v) is 14.8. The summed E-state index contributed by atoms with van der Waals surface area (Å²) in [5.41, 5.74) is -0.597. The van der Waals surface area contributed by atoms with Crippen LogP contribution in [-0.4, -0.2) is 57.7 Å². The first-order valence-electron chi connectivity index (χ1n) is 8.20. The zero-order valence-electron chi connectivity index (χ0n) is 14.8. The Balaban J connectivity index is 1.70. The number of alkyl carbamates (subject to hydrolysis) is 1. The fourth-order valence-corrected chi connectivity index (χ4v) is 3.36. The Hall–Kier alpha value is -2.36. The number of aromatic nitrogens is 2. The number of carbonyl (C=O) groups is 1. The van der Waals surface area contributed by atoms with Crippen LogP contribution in [0.2, 0.25) is 0 Å². The molecule has 0 radical (unpaired) electrons. The summed E-state index contributed by atoms with van der Waals surface area (Å²) >= 11 is 0. The predicted octanol–water partition coefficient (Wildman–Crippen LogP) is 1.20. The van der Waals surface area contributed by atoms with Gasteiger partial charge in [-0.15, -0.1) is 0 Å². The van der Waals surface area contributed by atoms with Crippen molar-refractivity contribution in [2.24, 2.45) is 7.05 Å². The van der Waals surface area contributed by atoms with Gasteiger partial charge in [0.15, 0.2) is 0 Å². The number of hydrogen-bond donors (Lipinski definition) is 1. The van der Waals surface area contributed by atoms with Crippen LogP contribution < -0.4 is 10.2 Å². The predicted molar refractivity (Wildman–Crippen MR) is 88.5 cm³/mol. The molecule has 10 nitrogen and oxygen atoms in total. The first-order chi connectivity index (χ1) is 11.6. The molecule has 0 aliphatic carbocycles. The highest BCUT2D eigenvalue weighted by atomic mass is 16.6. The van der Waals surface area contributed by atoms with Crippen molar-refractivity contribution in [2.45, 2.75) is 51.0 Å².